The zero-order valence-electron chi connectivity index (χ0n) is 10.3. The Morgan fingerprint density at radius 3 is 1.53 bits per heavy atom. The number of nitrogens with one attached hydrogen (secondary N) is 1. The van der Waals surface area contributed by atoms with Gasteiger partial charge in [0.1, 0.15) is 11.7 Å². The Morgan fingerprint density at radius 2 is 1.27 bits per heavy atom. The molecule has 1 aliphatic heterocycles. The van der Waals surface area contributed by atoms with Gasteiger partial charge in [-0.3, -0.25) is 0 Å². The molecule has 0 aromatic rings. The molecule has 0 unspecified atom stereocenters. The number of rotatable bonds is 0. The number of hydrogen-bond donors (Lipinski definition) is 1. The second-order valence-corrected chi connectivity index (χ2v) is 6.28. The van der Waals surface area contributed by atoms with E-state index in [1.807, 2.05) is 0 Å². The van der Waals surface area contributed by atoms with Crippen molar-refractivity contribution < 1.29 is 0 Å². The zero-order valence-corrected chi connectivity index (χ0v) is 11.1. The molecule has 0 aliphatic carbocycles. The van der Waals surface area contributed by atoms with E-state index in [4.69, 9.17) is 11.6 Å². The number of alkyl halides is 1. The van der Waals surface area contributed by atoms with Crippen molar-refractivity contribution in [3.63, 3.8) is 0 Å². The number of hydrogen-bond acceptors (Lipinski definition) is 3. The Labute approximate surface area is 97.0 Å². The molecule has 0 aromatic carbocycles. The predicted molar refractivity (Wildman–Crippen MR) is 66.6 cm³/mol. The Bertz CT molecular complexity index is 275. The van der Waals surface area contributed by atoms with E-state index in [1.165, 1.54) is 0 Å². The molecule has 0 radical (unpaired) electrons. The van der Waals surface area contributed by atoms with Gasteiger partial charge >= 0.3 is 0 Å². The lowest BCUT2D eigenvalue weighted by Crippen LogP contribution is -2.47. The van der Waals surface area contributed by atoms with E-state index in [2.05, 4.69) is 56.8 Å². The summed E-state index contributed by atoms with van der Waals surface area (Å²) < 4.78 is 0. The number of amidine groups is 2. The minimum Gasteiger partial charge on any atom is -0.332 e. The maximum absolute atomic E-state index is 6.00. The topological polar surface area (TPSA) is 36.8 Å². The Morgan fingerprint density at radius 1 is 0.933 bits per heavy atom. The average Bonchev–Trinajstić information content (AvgIpc) is 1.99. The van der Waals surface area contributed by atoms with Crippen LogP contribution in [-0.4, -0.2) is 17.3 Å². The first kappa shape index (κ1) is 12.5. The fraction of sp³-hybridized carbons (Fsp3) is 0.818. The monoisotopic (exact) mass is 229 g/mol. The molecular formula is C11H20ClN3. The maximum atomic E-state index is 6.00. The second kappa shape index (κ2) is 3.78. The van der Waals surface area contributed by atoms with Crippen LogP contribution in [0.2, 0.25) is 0 Å². The Hall–Kier alpha value is -0.570. The van der Waals surface area contributed by atoms with Crippen LogP contribution in [0.25, 0.3) is 0 Å². The Balaban J connectivity index is 2.94. The van der Waals surface area contributed by atoms with Crippen LogP contribution in [0.15, 0.2) is 9.98 Å². The minimum atomic E-state index is -0.491. The molecule has 0 saturated heterocycles. The van der Waals surface area contributed by atoms with E-state index < -0.39 is 5.62 Å². The molecule has 86 valence electrons. The van der Waals surface area contributed by atoms with E-state index >= 15 is 0 Å². The highest BCUT2D eigenvalue weighted by molar-refractivity contribution is 6.23. The van der Waals surface area contributed by atoms with E-state index in [-0.39, 0.29) is 10.8 Å². The van der Waals surface area contributed by atoms with Crippen LogP contribution in [0.5, 0.6) is 0 Å². The lowest BCUT2D eigenvalue weighted by atomic mass is 9.91. The summed E-state index contributed by atoms with van der Waals surface area (Å²) in [5, 5.41) is 3.28. The molecule has 0 aromatic heterocycles. The predicted octanol–water partition coefficient (Wildman–Crippen LogP) is 3.00. The summed E-state index contributed by atoms with van der Waals surface area (Å²) in [5.41, 5.74) is -0.547. The third-order valence-electron chi connectivity index (χ3n) is 2.13. The number of nitrogens with zero attached hydrogens (tertiary/aromatic N) is 2. The van der Waals surface area contributed by atoms with Crippen LogP contribution in [0.4, 0.5) is 0 Å². The molecular weight excluding hydrogens is 210 g/mol. The van der Waals surface area contributed by atoms with Crippen LogP contribution >= 0.6 is 11.6 Å². The van der Waals surface area contributed by atoms with Crippen LogP contribution < -0.4 is 5.32 Å². The van der Waals surface area contributed by atoms with Crippen molar-refractivity contribution >= 4 is 23.3 Å². The molecule has 0 bridgehead atoms. The normalized spacial score (nSPS) is 19.4. The maximum Gasteiger partial charge on any atom is 0.218 e. The summed E-state index contributed by atoms with van der Waals surface area (Å²) in [6.07, 6.45) is 0. The van der Waals surface area contributed by atoms with Crippen molar-refractivity contribution in [1.29, 1.82) is 0 Å². The van der Waals surface area contributed by atoms with Gasteiger partial charge in [0.05, 0.1) is 0 Å². The summed E-state index contributed by atoms with van der Waals surface area (Å²) in [4.78, 5) is 8.60. The number of aliphatic imine (C=N–C) groups is 2. The first-order valence-corrected chi connectivity index (χ1v) is 5.62. The van der Waals surface area contributed by atoms with E-state index in [1.54, 1.807) is 0 Å². The van der Waals surface area contributed by atoms with Gasteiger partial charge in [-0.05, 0) is 0 Å². The van der Waals surface area contributed by atoms with Crippen molar-refractivity contribution in [3.05, 3.63) is 0 Å². The van der Waals surface area contributed by atoms with Gasteiger partial charge in [0.15, 0.2) is 0 Å². The first-order chi connectivity index (χ1) is 6.60. The standard InChI is InChI=1S/C11H20ClN3/c1-10(2,3)7-13-8(11(4,5)6)15-9(12)14-7/h9H,1-6H3,(H,13,14,15). The first-order valence-electron chi connectivity index (χ1n) is 5.18. The van der Waals surface area contributed by atoms with Gasteiger partial charge in [-0.25, -0.2) is 9.98 Å². The quantitative estimate of drug-likeness (QED) is 0.503. The van der Waals surface area contributed by atoms with Crippen LogP contribution in [0.3, 0.4) is 0 Å². The third-order valence-corrected chi connectivity index (χ3v) is 2.32. The average molecular weight is 230 g/mol. The van der Waals surface area contributed by atoms with Gasteiger partial charge in [0.25, 0.3) is 0 Å². The molecule has 0 atom stereocenters. The molecule has 15 heavy (non-hydrogen) atoms. The van der Waals surface area contributed by atoms with Crippen molar-refractivity contribution in [3.8, 4) is 0 Å². The van der Waals surface area contributed by atoms with Gasteiger partial charge in [0, 0.05) is 10.8 Å². The fourth-order valence-corrected chi connectivity index (χ4v) is 1.38. The smallest absolute Gasteiger partial charge is 0.218 e. The van der Waals surface area contributed by atoms with Gasteiger partial charge < -0.3 is 5.32 Å². The second-order valence-electron chi connectivity index (χ2n) is 5.89. The molecule has 1 N–H and O–H groups in total. The molecule has 0 spiro atoms. The van der Waals surface area contributed by atoms with Crippen LogP contribution in [0, 0.1) is 10.8 Å². The SMILES string of the molecule is CC(C)(C)C1=NC(Cl)N=C(C(C)(C)C)N1. The van der Waals surface area contributed by atoms with Gasteiger partial charge in [0.2, 0.25) is 5.62 Å². The van der Waals surface area contributed by atoms with Crippen molar-refractivity contribution in [1.82, 2.24) is 5.32 Å². The summed E-state index contributed by atoms with van der Waals surface area (Å²) in [6, 6.07) is 0. The van der Waals surface area contributed by atoms with Crippen molar-refractivity contribution in [2.75, 3.05) is 0 Å². The molecule has 1 heterocycles. The van der Waals surface area contributed by atoms with Crippen LogP contribution in [-0.2, 0) is 0 Å². The molecule has 0 amide bonds. The molecule has 3 nitrogen and oxygen atoms in total. The summed E-state index contributed by atoms with van der Waals surface area (Å²) >= 11 is 6.00. The minimum absolute atomic E-state index is 0.0282. The molecule has 4 heteroatoms. The van der Waals surface area contributed by atoms with Gasteiger partial charge in [-0.2, -0.15) is 0 Å². The molecule has 1 aliphatic rings. The van der Waals surface area contributed by atoms with Crippen molar-refractivity contribution in [2.45, 2.75) is 47.2 Å². The van der Waals surface area contributed by atoms with E-state index in [0.29, 0.717) is 0 Å². The summed E-state index contributed by atoms with van der Waals surface area (Å²) in [5.74, 6) is 1.81. The highest BCUT2D eigenvalue weighted by Gasteiger charge is 2.29. The molecule has 0 fully saturated rings. The zero-order chi connectivity index (χ0) is 11.9. The Kier molecular flexibility index (Phi) is 3.15. The fourth-order valence-electron chi connectivity index (χ4n) is 1.18. The van der Waals surface area contributed by atoms with E-state index in [9.17, 15) is 0 Å². The molecule has 1 rings (SSSR count). The summed E-state index contributed by atoms with van der Waals surface area (Å²) in [6.45, 7) is 12.6. The van der Waals surface area contributed by atoms with Gasteiger partial charge in [-0.1, -0.05) is 53.1 Å². The van der Waals surface area contributed by atoms with Crippen LogP contribution in [0.1, 0.15) is 41.5 Å². The van der Waals surface area contributed by atoms with Crippen molar-refractivity contribution in [2.24, 2.45) is 20.8 Å². The highest BCUT2D eigenvalue weighted by Crippen LogP contribution is 2.24. The third kappa shape index (κ3) is 3.20. The summed E-state index contributed by atoms with van der Waals surface area (Å²) in [7, 11) is 0. The highest BCUT2D eigenvalue weighted by atomic mass is 35.5. The lowest BCUT2D eigenvalue weighted by Gasteiger charge is -2.32. The largest absolute Gasteiger partial charge is 0.332 e. The number of halogens is 1. The van der Waals surface area contributed by atoms with Gasteiger partial charge in [-0.15, -0.1) is 0 Å². The lowest BCUT2D eigenvalue weighted by molar-refractivity contribution is 0.537. The molecule has 0 saturated carbocycles. The van der Waals surface area contributed by atoms with E-state index in [0.717, 1.165) is 11.7 Å².